The van der Waals surface area contributed by atoms with E-state index in [2.05, 4.69) is 10.3 Å². The molecule has 1 aromatic heterocycles. The maximum Gasteiger partial charge on any atom is 0.190 e. The second kappa shape index (κ2) is 5.29. The molecule has 2 aromatic rings. The van der Waals surface area contributed by atoms with Crippen LogP contribution in [0.1, 0.15) is 5.69 Å². The van der Waals surface area contributed by atoms with Gasteiger partial charge in [-0.2, -0.15) is 5.26 Å². The van der Waals surface area contributed by atoms with Gasteiger partial charge in [0.2, 0.25) is 0 Å². The Morgan fingerprint density at radius 2 is 2.22 bits per heavy atom. The predicted molar refractivity (Wildman–Crippen MR) is 63.8 cm³/mol. The first-order valence-corrected chi connectivity index (χ1v) is 5.39. The Labute approximate surface area is 104 Å². The van der Waals surface area contributed by atoms with Crippen molar-refractivity contribution in [2.45, 2.75) is 6.54 Å². The summed E-state index contributed by atoms with van der Waals surface area (Å²) in [4.78, 5) is 0. The fraction of sp³-hybridized carbons (Fsp3) is 0.250. The van der Waals surface area contributed by atoms with E-state index in [-0.39, 0.29) is 18.8 Å². The standard InChI is InChI=1S/C12H12N4O2/c1-18-11-5-3-2-4-9(11)12-10(8-13)14-15-16(12)6-7-17/h2-5,17H,6-7H2,1H3. The van der Waals surface area contributed by atoms with Crippen molar-refractivity contribution < 1.29 is 9.84 Å². The van der Waals surface area contributed by atoms with Crippen LogP contribution in [-0.4, -0.2) is 33.8 Å². The summed E-state index contributed by atoms with van der Waals surface area (Å²) in [7, 11) is 1.56. The monoisotopic (exact) mass is 244 g/mol. The Bertz CT molecular complexity index is 586. The number of nitrogens with zero attached hydrogens (tertiary/aromatic N) is 4. The molecule has 0 aliphatic carbocycles. The molecule has 0 aliphatic rings. The molecule has 0 unspecified atom stereocenters. The minimum Gasteiger partial charge on any atom is -0.496 e. The summed E-state index contributed by atoms with van der Waals surface area (Å²) in [5, 5.41) is 25.7. The lowest BCUT2D eigenvalue weighted by molar-refractivity contribution is 0.268. The van der Waals surface area contributed by atoms with Crippen LogP contribution in [0.5, 0.6) is 5.75 Å². The van der Waals surface area contributed by atoms with Gasteiger partial charge in [0.25, 0.3) is 0 Å². The highest BCUT2D eigenvalue weighted by atomic mass is 16.5. The second-order valence-corrected chi connectivity index (χ2v) is 3.55. The number of rotatable bonds is 4. The van der Waals surface area contributed by atoms with Crippen LogP contribution in [0.4, 0.5) is 0 Å². The Balaban J connectivity index is 2.61. The number of aliphatic hydroxyl groups excluding tert-OH is 1. The van der Waals surface area contributed by atoms with Gasteiger partial charge in [0.15, 0.2) is 5.69 Å². The lowest BCUT2D eigenvalue weighted by Crippen LogP contribution is -2.06. The first kappa shape index (κ1) is 12.1. The highest BCUT2D eigenvalue weighted by Gasteiger charge is 2.17. The number of ether oxygens (including phenoxy) is 1. The zero-order valence-corrected chi connectivity index (χ0v) is 9.87. The van der Waals surface area contributed by atoms with E-state index in [1.807, 2.05) is 24.3 Å². The number of para-hydroxylation sites is 1. The number of hydrogen-bond acceptors (Lipinski definition) is 5. The maximum absolute atomic E-state index is 9.06. The van der Waals surface area contributed by atoms with E-state index >= 15 is 0 Å². The number of nitriles is 1. The van der Waals surface area contributed by atoms with Gasteiger partial charge in [-0.05, 0) is 12.1 Å². The molecule has 0 fully saturated rings. The van der Waals surface area contributed by atoms with Crippen LogP contribution < -0.4 is 4.74 Å². The zero-order chi connectivity index (χ0) is 13.0. The molecule has 0 saturated heterocycles. The lowest BCUT2D eigenvalue weighted by Gasteiger charge is -2.09. The Kier molecular flexibility index (Phi) is 3.55. The molecule has 1 N–H and O–H groups in total. The molecule has 18 heavy (non-hydrogen) atoms. The van der Waals surface area contributed by atoms with Gasteiger partial charge in [0, 0.05) is 5.56 Å². The van der Waals surface area contributed by atoms with Gasteiger partial charge in [-0.25, -0.2) is 4.68 Å². The number of aliphatic hydroxyl groups is 1. The normalized spacial score (nSPS) is 10.1. The van der Waals surface area contributed by atoms with E-state index in [0.717, 1.165) is 5.56 Å². The van der Waals surface area contributed by atoms with Crippen LogP contribution in [0.25, 0.3) is 11.3 Å². The first-order valence-electron chi connectivity index (χ1n) is 5.39. The molecule has 2 rings (SSSR count). The second-order valence-electron chi connectivity index (χ2n) is 3.55. The average molecular weight is 244 g/mol. The predicted octanol–water partition coefficient (Wildman–Crippen LogP) is 0.818. The van der Waals surface area contributed by atoms with Crippen molar-refractivity contribution in [2.24, 2.45) is 0 Å². The third-order valence-electron chi connectivity index (χ3n) is 2.51. The largest absolute Gasteiger partial charge is 0.496 e. The van der Waals surface area contributed by atoms with Gasteiger partial charge < -0.3 is 9.84 Å². The number of methoxy groups -OCH3 is 1. The van der Waals surface area contributed by atoms with E-state index in [1.54, 1.807) is 13.2 Å². The number of hydrogen-bond donors (Lipinski definition) is 1. The van der Waals surface area contributed by atoms with E-state index in [9.17, 15) is 0 Å². The smallest absolute Gasteiger partial charge is 0.190 e. The topological polar surface area (TPSA) is 84.0 Å². The molecule has 0 amide bonds. The highest BCUT2D eigenvalue weighted by molar-refractivity contribution is 5.71. The van der Waals surface area contributed by atoms with Crippen LogP contribution >= 0.6 is 0 Å². The number of aromatic nitrogens is 3. The van der Waals surface area contributed by atoms with Crippen LogP contribution in [-0.2, 0) is 6.54 Å². The molecule has 1 heterocycles. The molecule has 0 bridgehead atoms. The lowest BCUT2D eigenvalue weighted by atomic mass is 10.1. The Hall–Kier alpha value is -2.39. The van der Waals surface area contributed by atoms with Crippen molar-refractivity contribution in [2.75, 3.05) is 13.7 Å². The van der Waals surface area contributed by atoms with Gasteiger partial charge in [-0.1, -0.05) is 17.3 Å². The summed E-state index contributed by atoms with van der Waals surface area (Å²) in [5.74, 6) is 0.635. The van der Waals surface area contributed by atoms with Gasteiger partial charge in [0.1, 0.15) is 17.5 Å². The van der Waals surface area contributed by atoms with Crippen molar-refractivity contribution in [1.29, 1.82) is 5.26 Å². The van der Waals surface area contributed by atoms with Crippen molar-refractivity contribution in [3.63, 3.8) is 0 Å². The zero-order valence-electron chi connectivity index (χ0n) is 9.87. The van der Waals surface area contributed by atoms with Crippen molar-refractivity contribution in [3.05, 3.63) is 30.0 Å². The van der Waals surface area contributed by atoms with Gasteiger partial charge in [0.05, 0.1) is 20.3 Å². The summed E-state index contributed by atoms with van der Waals surface area (Å²) >= 11 is 0. The molecule has 6 heteroatoms. The first-order chi connectivity index (χ1) is 8.81. The summed E-state index contributed by atoms with van der Waals surface area (Å²) in [6.45, 7) is 0.207. The fourth-order valence-corrected chi connectivity index (χ4v) is 1.75. The van der Waals surface area contributed by atoms with Crippen LogP contribution in [0.3, 0.4) is 0 Å². The van der Waals surface area contributed by atoms with Crippen LogP contribution in [0.15, 0.2) is 24.3 Å². The third-order valence-corrected chi connectivity index (χ3v) is 2.51. The van der Waals surface area contributed by atoms with Crippen molar-refractivity contribution in [1.82, 2.24) is 15.0 Å². The molecule has 0 spiro atoms. The van der Waals surface area contributed by atoms with Gasteiger partial charge >= 0.3 is 0 Å². The molecule has 0 radical (unpaired) electrons. The SMILES string of the molecule is COc1ccccc1-c1c(C#N)nnn1CCO. The van der Waals surface area contributed by atoms with Crippen molar-refractivity contribution in [3.8, 4) is 23.1 Å². The van der Waals surface area contributed by atoms with Gasteiger partial charge in [-0.3, -0.25) is 0 Å². The molecular formula is C12H12N4O2. The molecule has 0 saturated carbocycles. The molecule has 6 nitrogen and oxygen atoms in total. The molecule has 92 valence electrons. The quantitative estimate of drug-likeness (QED) is 0.860. The molecule has 1 aromatic carbocycles. The van der Waals surface area contributed by atoms with E-state index in [1.165, 1.54) is 4.68 Å². The summed E-state index contributed by atoms with van der Waals surface area (Å²) in [6.07, 6.45) is 0. The third kappa shape index (κ3) is 2.04. The Morgan fingerprint density at radius 1 is 1.44 bits per heavy atom. The molecular weight excluding hydrogens is 232 g/mol. The highest BCUT2D eigenvalue weighted by Crippen LogP contribution is 2.30. The van der Waals surface area contributed by atoms with Crippen LogP contribution in [0, 0.1) is 11.3 Å². The molecule has 0 aliphatic heterocycles. The number of benzene rings is 1. The maximum atomic E-state index is 9.06. The summed E-state index contributed by atoms with van der Waals surface area (Å²) in [5.41, 5.74) is 1.51. The average Bonchev–Trinajstić information content (AvgIpc) is 2.82. The summed E-state index contributed by atoms with van der Waals surface area (Å²) < 4.78 is 6.76. The van der Waals surface area contributed by atoms with Crippen LogP contribution in [0.2, 0.25) is 0 Å². The minimum atomic E-state index is -0.0730. The minimum absolute atomic E-state index is 0.0730. The fourth-order valence-electron chi connectivity index (χ4n) is 1.75. The summed E-state index contributed by atoms with van der Waals surface area (Å²) in [6, 6.07) is 9.30. The van der Waals surface area contributed by atoms with E-state index in [0.29, 0.717) is 11.4 Å². The van der Waals surface area contributed by atoms with Gasteiger partial charge in [-0.15, -0.1) is 5.10 Å². The Morgan fingerprint density at radius 3 is 2.89 bits per heavy atom. The van der Waals surface area contributed by atoms with E-state index < -0.39 is 0 Å². The van der Waals surface area contributed by atoms with E-state index in [4.69, 9.17) is 15.1 Å². The van der Waals surface area contributed by atoms with Crippen molar-refractivity contribution >= 4 is 0 Å². The molecule has 0 atom stereocenters.